The highest BCUT2D eigenvalue weighted by molar-refractivity contribution is 7.86. The summed E-state index contributed by atoms with van der Waals surface area (Å²) < 4.78 is 58.8. The van der Waals surface area contributed by atoms with Gasteiger partial charge >= 0.3 is 15.6 Å². The molecular formula is C20H35F3NO3S+. The molecule has 4 nitrogen and oxygen atoms in total. The minimum atomic E-state index is -5.84. The van der Waals surface area contributed by atoms with Gasteiger partial charge in [-0.2, -0.15) is 21.6 Å². The van der Waals surface area contributed by atoms with Crippen LogP contribution in [0.2, 0.25) is 0 Å². The molecule has 0 amide bonds. The van der Waals surface area contributed by atoms with E-state index in [2.05, 4.69) is 51.1 Å². The summed E-state index contributed by atoms with van der Waals surface area (Å²) in [4.78, 5) is 0. The zero-order chi connectivity index (χ0) is 21.7. The van der Waals surface area contributed by atoms with Gasteiger partial charge in [0.1, 0.15) is 6.54 Å². The van der Waals surface area contributed by atoms with Crippen molar-refractivity contribution in [2.24, 2.45) is 0 Å². The van der Waals surface area contributed by atoms with E-state index >= 15 is 0 Å². The third-order valence-electron chi connectivity index (χ3n) is 4.61. The zero-order valence-corrected chi connectivity index (χ0v) is 18.0. The molecule has 1 rings (SSSR count). The van der Waals surface area contributed by atoms with Crippen molar-refractivity contribution in [1.82, 2.24) is 0 Å². The predicted octanol–water partition coefficient (Wildman–Crippen LogP) is 5.80. The molecule has 0 saturated heterocycles. The number of quaternary nitrogens is 1. The number of hydrogen-bond acceptors (Lipinski definition) is 2. The lowest BCUT2D eigenvalue weighted by Crippen LogP contribution is -2.49. The van der Waals surface area contributed by atoms with Crippen LogP contribution < -0.4 is 0 Å². The Morgan fingerprint density at radius 1 is 0.857 bits per heavy atom. The highest BCUT2D eigenvalue weighted by atomic mass is 32.2. The highest BCUT2D eigenvalue weighted by Crippen LogP contribution is 2.21. The van der Waals surface area contributed by atoms with Crippen LogP contribution >= 0.6 is 0 Å². The Labute approximate surface area is 168 Å². The first-order valence-corrected chi connectivity index (χ1v) is 11.4. The predicted molar refractivity (Wildman–Crippen MR) is 107 cm³/mol. The van der Waals surface area contributed by atoms with Gasteiger partial charge in [0.25, 0.3) is 0 Å². The van der Waals surface area contributed by atoms with Crippen molar-refractivity contribution < 1.29 is 30.6 Å². The summed E-state index contributed by atoms with van der Waals surface area (Å²) in [7, 11) is -5.84. The van der Waals surface area contributed by atoms with Crippen LogP contribution in [0, 0.1) is 0 Å². The van der Waals surface area contributed by atoms with Gasteiger partial charge in [0.2, 0.25) is 0 Å². The second-order valence-electron chi connectivity index (χ2n) is 7.14. The Kier molecular flexibility index (Phi) is 12.6. The Bertz CT molecular complexity index is 598. The summed E-state index contributed by atoms with van der Waals surface area (Å²) in [6.45, 7) is 12.2. The summed E-state index contributed by atoms with van der Waals surface area (Å²) in [5.74, 6) is 0. The second-order valence-corrected chi connectivity index (χ2v) is 8.55. The van der Waals surface area contributed by atoms with Crippen molar-refractivity contribution in [2.45, 2.75) is 71.3 Å². The molecule has 1 N–H and O–H groups in total. The third kappa shape index (κ3) is 11.0. The van der Waals surface area contributed by atoms with Gasteiger partial charge in [0.15, 0.2) is 0 Å². The van der Waals surface area contributed by atoms with E-state index in [9.17, 15) is 13.2 Å². The van der Waals surface area contributed by atoms with Crippen molar-refractivity contribution in [3.63, 3.8) is 0 Å². The van der Waals surface area contributed by atoms with Gasteiger partial charge in [-0.3, -0.25) is 4.55 Å². The average Bonchev–Trinajstić information content (AvgIpc) is 2.62. The maximum atomic E-state index is 10.7. The molecule has 0 unspecified atom stereocenters. The van der Waals surface area contributed by atoms with Crippen LogP contribution in [0.4, 0.5) is 13.2 Å². The number of benzene rings is 1. The minimum Gasteiger partial charge on any atom is -0.320 e. The van der Waals surface area contributed by atoms with E-state index in [4.69, 9.17) is 13.0 Å². The fourth-order valence-corrected chi connectivity index (χ4v) is 3.02. The van der Waals surface area contributed by atoms with Gasteiger partial charge in [-0.25, -0.2) is 0 Å². The number of nitrogens with zero attached hydrogens (tertiary/aromatic N) is 1. The Morgan fingerprint density at radius 2 is 1.21 bits per heavy atom. The van der Waals surface area contributed by atoms with E-state index in [0.29, 0.717) is 0 Å². The fourth-order valence-electron chi connectivity index (χ4n) is 3.02. The molecular weight excluding hydrogens is 391 g/mol. The lowest BCUT2D eigenvalue weighted by molar-refractivity contribution is -0.941. The molecule has 0 spiro atoms. The monoisotopic (exact) mass is 426 g/mol. The first-order valence-electron chi connectivity index (χ1n) is 9.94. The minimum absolute atomic E-state index is 1.22. The summed E-state index contributed by atoms with van der Waals surface area (Å²) in [6, 6.07) is 11.1. The summed E-state index contributed by atoms with van der Waals surface area (Å²) in [5.41, 5.74) is -4.02. The van der Waals surface area contributed by atoms with E-state index < -0.39 is 15.6 Å². The second kappa shape index (κ2) is 13.2. The molecule has 1 aromatic carbocycles. The molecule has 164 valence electrons. The van der Waals surface area contributed by atoms with Crippen LogP contribution in [0.1, 0.15) is 64.9 Å². The van der Waals surface area contributed by atoms with Crippen LogP contribution in [-0.2, 0) is 16.7 Å². The summed E-state index contributed by atoms with van der Waals surface area (Å²) in [5, 5.41) is 0. The highest BCUT2D eigenvalue weighted by Gasteiger charge is 2.44. The fraction of sp³-hybridized carbons (Fsp3) is 0.700. The van der Waals surface area contributed by atoms with Gasteiger partial charge in [0.05, 0.1) is 19.6 Å². The molecule has 8 heteroatoms. The van der Waals surface area contributed by atoms with Crippen LogP contribution in [0.15, 0.2) is 30.3 Å². The normalized spacial score (nSPS) is 12.4. The van der Waals surface area contributed by atoms with Crippen molar-refractivity contribution in [1.29, 1.82) is 0 Å². The van der Waals surface area contributed by atoms with Gasteiger partial charge in [-0.1, -0.05) is 70.4 Å². The van der Waals surface area contributed by atoms with Crippen LogP contribution in [0.25, 0.3) is 0 Å². The first-order chi connectivity index (χ1) is 13.0. The van der Waals surface area contributed by atoms with E-state index in [-0.39, 0.29) is 0 Å². The quantitative estimate of drug-likeness (QED) is 0.276. The van der Waals surface area contributed by atoms with E-state index in [0.717, 1.165) is 0 Å². The van der Waals surface area contributed by atoms with Crippen molar-refractivity contribution in [3.8, 4) is 0 Å². The Hall–Kier alpha value is -1.12. The van der Waals surface area contributed by atoms with E-state index in [1.807, 2.05) is 0 Å². The lowest BCUT2D eigenvalue weighted by Gasteiger charge is -2.39. The molecule has 1 aromatic rings. The van der Waals surface area contributed by atoms with Crippen LogP contribution in [-0.4, -0.2) is 42.6 Å². The number of halogens is 3. The van der Waals surface area contributed by atoms with Crippen molar-refractivity contribution in [2.75, 3.05) is 19.6 Å². The number of alkyl halides is 3. The molecule has 0 radical (unpaired) electrons. The van der Waals surface area contributed by atoms with Crippen molar-refractivity contribution >= 4 is 10.1 Å². The largest absolute Gasteiger partial charge is 0.522 e. The summed E-state index contributed by atoms with van der Waals surface area (Å²) in [6.07, 6.45) is 8.02. The number of unbranched alkanes of at least 4 members (excludes halogenated alkanes) is 3. The van der Waals surface area contributed by atoms with Gasteiger partial charge < -0.3 is 4.48 Å². The number of rotatable bonds is 11. The van der Waals surface area contributed by atoms with E-state index in [1.165, 1.54) is 74.8 Å². The molecule has 0 heterocycles. The topological polar surface area (TPSA) is 54.4 Å². The van der Waals surface area contributed by atoms with Crippen molar-refractivity contribution in [3.05, 3.63) is 35.9 Å². The number of hydrogen-bond donors (Lipinski definition) is 1. The summed E-state index contributed by atoms with van der Waals surface area (Å²) >= 11 is 0. The maximum Gasteiger partial charge on any atom is 0.522 e. The van der Waals surface area contributed by atoms with E-state index in [1.54, 1.807) is 0 Å². The lowest BCUT2D eigenvalue weighted by atomic mass is 10.1. The maximum absolute atomic E-state index is 10.7. The molecule has 0 aromatic heterocycles. The average molecular weight is 427 g/mol. The van der Waals surface area contributed by atoms with Gasteiger partial charge in [-0.05, 0) is 19.3 Å². The molecule has 0 aliphatic rings. The first kappa shape index (κ1) is 26.9. The van der Waals surface area contributed by atoms with Gasteiger partial charge in [-0.15, -0.1) is 0 Å². The Morgan fingerprint density at radius 3 is 1.50 bits per heavy atom. The molecule has 0 bridgehead atoms. The third-order valence-corrected chi connectivity index (χ3v) is 5.20. The smallest absolute Gasteiger partial charge is 0.320 e. The standard InChI is InChI=1S/C19H34N.CHF3O3S/c1-4-7-15-20(16-8-5-2,17-9-6-3)18-19-13-11-10-12-14-19;2-1(3,4)8(5,6)7/h10-14H,4-9,15-18H2,1-3H3;(H,5,6,7)/q+1;. The Balaban J connectivity index is 0.000000769. The molecule has 0 atom stereocenters. The van der Waals surface area contributed by atoms with Crippen LogP contribution in [0.3, 0.4) is 0 Å². The molecule has 0 aliphatic heterocycles. The van der Waals surface area contributed by atoms with Crippen LogP contribution in [0.5, 0.6) is 0 Å². The molecule has 0 aliphatic carbocycles. The molecule has 0 saturated carbocycles. The molecule has 28 heavy (non-hydrogen) atoms. The molecule has 0 fully saturated rings. The van der Waals surface area contributed by atoms with Gasteiger partial charge in [0, 0.05) is 5.56 Å². The SMILES string of the molecule is CCCC[N+](CCCC)(CCCC)Cc1ccccc1.O=S(=O)(O)C(F)(F)F. The zero-order valence-electron chi connectivity index (χ0n) is 17.2.